The number of nitrogens with two attached hydrogens (primary N) is 1. The number of aryl methyl sites for hydroxylation is 1. The second-order valence-electron chi connectivity index (χ2n) is 6.96. The monoisotopic (exact) mass is 404 g/mol. The van der Waals surface area contributed by atoms with Crippen molar-refractivity contribution < 1.29 is 23.1 Å². The fourth-order valence-corrected chi connectivity index (χ4v) is 4.14. The third-order valence-corrected chi connectivity index (χ3v) is 5.92. The minimum atomic E-state index is -4.21. The molecule has 0 amide bonds. The Hall–Kier alpha value is -2.58. The summed E-state index contributed by atoms with van der Waals surface area (Å²) >= 11 is 0. The van der Waals surface area contributed by atoms with Gasteiger partial charge in [-0.05, 0) is 56.0 Å². The van der Waals surface area contributed by atoms with Crippen LogP contribution in [-0.2, 0) is 16.4 Å². The Morgan fingerprint density at radius 2 is 1.96 bits per heavy atom. The standard InChI is InChI=1S/C20H24N2O5S/c1-3-14-6-8-16(9-7-14)27-19-17(22-10-4-5-13(22)2)11-15(20(23)24)12-18(19)28(21,25)26/h6-9,11-13H,3-5,10H2,1-2H3,(H,23,24)(H2,21,25,26). The van der Waals surface area contributed by atoms with Crippen molar-refractivity contribution in [1.29, 1.82) is 0 Å². The van der Waals surface area contributed by atoms with Gasteiger partial charge in [-0.3, -0.25) is 0 Å². The molecule has 1 saturated heterocycles. The lowest BCUT2D eigenvalue weighted by Gasteiger charge is -2.27. The number of rotatable bonds is 6. The Bertz CT molecular complexity index is 986. The van der Waals surface area contributed by atoms with Gasteiger partial charge in [0.2, 0.25) is 10.0 Å². The van der Waals surface area contributed by atoms with Crippen molar-refractivity contribution in [3.05, 3.63) is 47.5 Å². The lowest BCUT2D eigenvalue weighted by molar-refractivity contribution is 0.0696. The Morgan fingerprint density at radius 1 is 1.29 bits per heavy atom. The van der Waals surface area contributed by atoms with Gasteiger partial charge in [0.1, 0.15) is 10.6 Å². The summed E-state index contributed by atoms with van der Waals surface area (Å²) in [6, 6.07) is 9.95. The highest BCUT2D eigenvalue weighted by Crippen LogP contribution is 2.41. The average molecular weight is 404 g/mol. The number of hydrogen-bond acceptors (Lipinski definition) is 5. The SMILES string of the molecule is CCc1ccc(Oc2c(N3CCCC3C)cc(C(=O)O)cc2S(N)(=O)=O)cc1. The largest absolute Gasteiger partial charge is 0.478 e. The number of anilines is 1. The minimum Gasteiger partial charge on any atom is -0.478 e. The summed E-state index contributed by atoms with van der Waals surface area (Å²) in [7, 11) is -4.21. The zero-order valence-electron chi connectivity index (χ0n) is 15.9. The molecule has 150 valence electrons. The molecule has 0 bridgehead atoms. The van der Waals surface area contributed by atoms with Crippen molar-refractivity contribution in [2.75, 3.05) is 11.4 Å². The van der Waals surface area contributed by atoms with Crippen LogP contribution >= 0.6 is 0 Å². The van der Waals surface area contributed by atoms with Gasteiger partial charge in [0, 0.05) is 12.6 Å². The summed E-state index contributed by atoms with van der Waals surface area (Å²) in [5.41, 5.74) is 1.40. The summed E-state index contributed by atoms with van der Waals surface area (Å²) in [5, 5.41) is 14.9. The van der Waals surface area contributed by atoms with Crippen LogP contribution in [0.15, 0.2) is 41.3 Å². The van der Waals surface area contributed by atoms with Crippen LogP contribution in [-0.4, -0.2) is 32.1 Å². The van der Waals surface area contributed by atoms with Gasteiger partial charge < -0.3 is 14.7 Å². The highest BCUT2D eigenvalue weighted by molar-refractivity contribution is 7.89. The number of hydrogen-bond donors (Lipinski definition) is 2. The van der Waals surface area contributed by atoms with Crippen LogP contribution in [0.5, 0.6) is 11.5 Å². The average Bonchev–Trinajstić information content (AvgIpc) is 3.07. The predicted octanol–water partition coefficient (Wildman–Crippen LogP) is 3.38. The third-order valence-electron chi connectivity index (χ3n) is 5.00. The van der Waals surface area contributed by atoms with Crippen LogP contribution in [0.4, 0.5) is 5.69 Å². The molecule has 1 heterocycles. The quantitative estimate of drug-likeness (QED) is 0.764. The van der Waals surface area contributed by atoms with Crippen molar-refractivity contribution in [2.24, 2.45) is 5.14 Å². The number of benzene rings is 2. The summed E-state index contributed by atoms with van der Waals surface area (Å²) in [4.78, 5) is 13.2. The molecule has 1 atom stereocenters. The van der Waals surface area contributed by atoms with Crippen molar-refractivity contribution in [3.63, 3.8) is 0 Å². The molecule has 2 aromatic carbocycles. The highest BCUT2D eigenvalue weighted by Gasteiger charge is 2.30. The fraction of sp³-hybridized carbons (Fsp3) is 0.350. The number of ether oxygens (including phenoxy) is 1. The number of carbonyl (C=O) groups is 1. The van der Waals surface area contributed by atoms with Gasteiger partial charge in [-0.2, -0.15) is 0 Å². The molecule has 1 fully saturated rings. The zero-order chi connectivity index (χ0) is 20.5. The lowest BCUT2D eigenvalue weighted by atomic mass is 10.1. The van der Waals surface area contributed by atoms with Crippen LogP contribution in [0, 0.1) is 0 Å². The van der Waals surface area contributed by atoms with E-state index in [4.69, 9.17) is 9.88 Å². The van der Waals surface area contributed by atoms with Crippen LogP contribution < -0.4 is 14.8 Å². The predicted molar refractivity (Wildman–Crippen MR) is 107 cm³/mol. The molecule has 0 aliphatic carbocycles. The molecule has 0 spiro atoms. The minimum absolute atomic E-state index is 0.0606. The van der Waals surface area contributed by atoms with Gasteiger partial charge in [0.05, 0.1) is 11.3 Å². The molecule has 0 saturated carbocycles. The number of nitrogens with zero attached hydrogens (tertiary/aromatic N) is 1. The van der Waals surface area contributed by atoms with E-state index in [0.29, 0.717) is 18.0 Å². The van der Waals surface area contributed by atoms with E-state index in [1.165, 1.54) is 6.07 Å². The molecular weight excluding hydrogens is 380 g/mol. The summed E-state index contributed by atoms with van der Waals surface area (Å²) in [6.07, 6.45) is 2.72. The lowest BCUT2D eigenvalue weighted by Crippen LogP contribution is -2.28. The molecule has 7 nitrogen and oxygen atoms in total. The van der Waals surface area contributed by atoms with Gasteiger partial charge in [0.15, 0.2) is 5.75 Å². The molecule has 3 N–H and O–H groups in total. The Labute approximate surface area is 164 Å². The van der Waals surface area contributed by atoms with Gasteiger partial charge in [-0.1, -0.05) is 19.1 Å². The molecule has 1 unspecified atom stereocenters. The maximum absolute atomic E-state index is 12.3. The normalized spacial score (nSPS) is 17.0. The van der Waals surface area contributed by atoms with E-state index in [0.717, 1.165) is 30.9 Å². The fourth-order valence-electron chi connectivity index (χ4n) is 3.44. The van der Waals surface area contributed by atoms with Crippen LogP contribution in [0.25, 0.3) is 0 Å². The molecule has 2 aromatic rings. The third kappa shape index (κ3) is 4.13. The summed E-state index contributed by atoms with van der Waals surface area (Å²) in [6.45, 7) is 4.72. The number of aromatic carboxylic acids is 1. The van der Waals surface area contributed by atoms with E-state index in [9.17, 15) is 18.3 Å². The van der Waals surface area contributed by atoms with Gasteiger partial charge in [0.25, 0.3) is 0 Å². The summed E-state index contributed by atoms with van der Waals surface area (Å²) in [5.74, 6) is -0.708. The summed E-state index contributed by atoms with van der Waals surface area (Å²) < 4.78 is 30.5. The van der Waals surface area contributed by atoms with E-state index >= 15 is 0 Å². The topological polar surface area (TPSA) is 110 Å². The first-order valence-electron chi connectivity index (χ1n) is 9.18. The van der Waals surface area contributed by atoms with Crippen molar-refractivity contribution >= 4 is 21.7 Å². The zero-order valence-corrected chi connectivity index (χ0v) is 16.7. The Balaban J connectivity index is 2.19. The van der Waals surface area contributed by atoms with Gasteiger partial charge in [-0.25, -0.2) is 18.4 Å². The van der Waals surface area contributed by atoms with Crippen LogP contribution in [0.3, 0.4) is 0 Å². The first-order valence-corrected chi connectivity index (χ1v) is 10.7. The van der Waals surface area contributed by atoms with E-state index in [1.54, 1.807) is 12.1 Å². The van der Waals surface area contributed by atoms with Crippen LogP contribution in [0.2, 0.25) is 0 Å². The molecule has 8 heteroatoms. The molecule has 0 aromatic heterocycles. The smallest absolute Gasteiger partial charge is 0.335 e. The van der Waals surface area contributed by atoms with E-state index < -0.39 is 16.0 Å². The molecule has 1 aliphatic rings. The number of carboxylic acid groups (broad SMARTS) is 1. The highest BCUT2D eigenvalue weighted by atomic mass is 32.2. The van der Waals surface area contributed by atoms with E-state index in [-0.39, 0.29) is 22.3 Å². The molecule has 0 radical (unpaired) electrons. The van der Waals surface area contributed by atoms with E-state index in [2.05, 4.69) is 0 Å². The number of sulfonamides is 1. The Kier molecular flexibility index (Phi) is 5.62. The first kappa shape index (κ1) is 20.2. The van der Waals surface area contributed by atoms with Gasteiger partial charge >= 0.3 is 5.97 Å². The first-order chi connectivity index (χ1) is 13.2. The maximum Gasteiger partial charge on any atom is 0.335 e. The molecule has 28 heavy (non-hydrogen) atoms. The second kappa shape index (κ2) is 7.81. The molecular formula is C20H24N2O5S. The van der Waals surface area contributed by atoms with Crippen molar-refractivity contribution in [3.8, 4) is 11.5 Å². The molecule has 1 aliphatic heterocycles. The number of carboxylic acids is 1. The maximum atomic E-state index is 12.3. The van der Waals surface area contributed by atoms with E-state index in [1.807, 2.05) is 30.9 Å². The van der Waals surface area contributed by atoms with Crippen molar-refractivity contribution in [1.82, 2.24) is 0 Å². The van der Waals surface area contributed by atoms with Crippen molar-refractivity contribution in [2.45, 2.75) is 44.0 Å². The second-order valence-corrected chi connectivity index (χ2v) is 8.49. The van der Waals surface area contributed by atoms with Gasteiger partial charge in [-0.15, -0.1) is 0 Å². The number of primary sulfonamides is 1. The van der Waals surface area contributed by atoms with Crippen LogP contribution in [0.1, 0.15) is 42.6 Å². The Morgan fingerprint density at radius 3 is 2.46 bits per heavy atom. The molecule has 3 rings (SSSR count).